The minimum absolute atomic E-state index is 0.0139. The van der Waals surface area contributed by atoms with E-state index in [1.807, 2.05) is 0 Å². The van der Waals surface area contributed by atoms with E-state index in [1.165, 1.54) is 50.7 Å². The summed E-state index contributed by atoms with van der Waals surface area (Å²) in [5.41, 5.74) is 2.76. The molecular weight excluding hydrogens is 620 g/mol. The third-order valence-electron chi connectivity index (χ3n) is 6.26. The van der Waals surface area contributed by atoms with Crippen molar-refractivity contribution in [1.82, 2.24) is 0 Å². The highest BCUT2D eigenvalue weighted by molar-refractivity contribution is 7.13. The lowest BCUT2D eigenvalue weighted by atomic mass is 10.2. The van der Waals surface area contributed by atoms with Crippen LogP contribution in [-0.4, -0.2) is 48.2 Å². The van der Waals surface area contributed by atoms with E-state index in [0.29, 0.717) is 22.3 Å². The number of aryl methyl sites for hydroxylation is 2. The molecule has 4 rings (SSSR count). The Morgan fingerprint density at radius 2 is 1.09 bits per heavy atom. The molecule has 13 heteroatoms. The highest BCUT2D eigenvalue weighted by Crippen LogP contribution is 2.32. The maximum Gasteiger partial charge on any atom is 0.358 e. The van der Waals surface area contributed by atoms with Crippen molar-refractivity contribution in [2.45, 2.75) is 13.8 Å². The first-order valence-electron chi connectivity index (χ1n) is 13.2. The van der Waals surface area contributed by atoms with E-state index >= 15 is 0 Å². The van der Waals surface area contributed by atoms with Gasteiger partial charge in [0.1, 0.15) is 9.75 Å². The largest absolute Gasteiger partial charge is 0.504 e. The van der Waals surface area contributed by atoms with Gasteiger partial charge in [0.05, 0.1) is 25.6 Å². The number of hydrogen-bond acceptors (Lipinski definition) is 11. The van der Waals surface area contributed by atoms with Crippen molar-refractivity contribution < 1.29 is 43.6 Å². The van der Waals surface area contributed by atoms with Crippen LogP contribution in [0.4, 0.5) is 11.4 Å². The number of phenolic OH excluding ortho intramolecular Hbond substituents is 2. The first-order valence-corrected chi connectivity index (χ1v) is 14.9. The summed E-state index contributed by atoms with van der Waals surface area (Å²) in [6.45, 7) is 3.38. The van der Waals surface area contributed by atoms with Gasteiger partial charge in [-0.1, -0.05) is 12.1 Å². The Labute approximate surface area is 266 Å². The summed E-state index contributed by atoms with van der Waals surface area (Å²) < 4.78 is 15.3. The molecule has 0 aliphatic carbocycles. The second kappa shape index (κ2) is 14.4. The fourth-order valence-electron chi connectivity index (χ4n) is 3.95. The van der Waals surface area contributed by atoms with Crippen LogP contribution in [0.15, 0.2) is 59.3 Å². The lowest BCUT2D eigenvalue weighted by Crippen LogP contribution is -2.17. The normalized spacial score (nSPS) is 11.0. The molecule has 2 heterocycles. The predicted molar refractivity (Wildman–Crippen MR) is 173 cm³/mol. The topological polar surface area (TPSA) is 160 Å². The van der Waals surface area contributed by atoms with Gasteiger partial charge in [0, 0.05) is 12.2 Å². The van der Waals surface area contributed by atoms with Gasteiger partial charge in [-0.25, -0.2) is 9.59 Å². The Hall–Kier alpha value is -5.40. The lowest BCUT2D eigenvalue weighted by molar-refractivity contribution is -0.112. The van der Waals surface area contributed by atoms with E-state index < -0.39 is 23.8 Å². The minimum Gasteiger partial charge on any atom is -0.504 e. The molecule has 4 N–H and O–H groups in total. The van der Waals surface area contributed by atoms with E-state index in [9.17, 15) is 29.4 Å². The number of thiophene rings is 2. The maximum atomic E-state index is 13.0. The molecule has 11 nitrogen and oxygen atoms in total. The molecule has 0 fully saturated rings. The molecule has 0 radical (unpaired) electrons. The second-order valence-electron chi connectivity index (χ2n) is 9.43. The minimum atomic E-state index is -0.967. The molecule has 232 valence electrons. The number of carbonyl (C=O) groups is 4. The van der Waals surface area contributed by atoms with Crippen molar-refractivity contribution in [3.05, 3.63) is 91.3 Å². The summed E-state index contributed by atoms with van der Waals surface area (Å²) in [6, 6.07) is 9.16. The molecule has 0 aliphatic heterocycles. The molecule has 0 saturated carbocycles. The quantitative estimate of drug-likeness (QED) is 0.0897. The Morgan fingerprint density at radius 3 is 1.47 bits per heavy atom. The first-order chi connectivity index (χ1) is 21.5. The highest BCUT2D eigenvalue weighted by atomic mass is 32.1. The molecule has 0 unspecified atom stereocenters. The van der Waals surface area contributed by atoms with Crippen LogP contribution in [0.25, 0.3) is 12.2 Å². The standard InChI is InChI=1S/C32H28N2O9S2/c1-17-15-44-29(27(17)33-25(37)11-7-19-5-9-21(35)23(13-19)41-3)31(39)43-32(40)30-28(18(2)16-45-30)34-26(38)12-8-20-6-10-22(36)24(14-20)42-4/h5-16,35-36H,1-4H3,(H,33,37)(H,34,38)/b11-7+,12-8+. The van der Waals surface area contributed by atoms with E-state index in [0.717, 1.165) is 22.7 Å². The van der Waals surface area contributed by atoms with Gasteiger partial charge in [0.25, 0.3) is 0 Å². The number of nitrogens with one attached hydrogen (secondary N) is 2. The van der Waals surface area contributed by atoms with Crippen molar-refractivity contribution >= 4 is 70.0 Å². The van der Waals surface area contributed by atoms with Crippen LogP contribution in [0.5, 0.6) is 23.0 Å². The van der Waals surface area contributed by atoms with Crippen LogP contribution in [-0.2, 0) is 14.3 Å². The molecule has 4 aromatic rings. The summed E-state index contributed by atoms with van der Waals surface area (Å²) in [7, 11) is 2.82. The maximum absolute atomic E-state index is 13.0. The van der Waals surface area contributed by atoms with E-state index in [1.54, 1.807) is 48.9 Å². The smallest absolute Gasteiger partial charge is 0.358 e. The molecule has 0 spiro atoms. The summed E-state index contributed by atoms with van der Waals surface area (Å²) >= 11 is 2.00. The van der Waals surface area contributed by atoms with Crippen LogP contribution < -0.4 is 20.1 Å². The molecule has 2 aromatic heterocycles. The van der Waals surface area contributed by atoms with Gasteiger partial charge >= 0.3 is 11.9 Å². The molecule has 0 saturated heterocycles. The van der Waals surface area contributed by atoms with Crippen LogP contribution >= 0.6 is 22.7 Å². The van der Waals surface area contributed by atoms with Gasteiger partial charge in [-0.15, -0.1) is 22.7 Å². The summed E-state index contributed by atoms with van der Waals surface area (Å²) in [5, 5.41) is 28.1. The van der Waals surface area contributed by atoms with Crippen molar-refractivity contribution in [1.29, 1.82) is 0 Å². The summed E-state index contributed by atoms with van der Waals surface area (Å²) in [4.78, 5) is 51.4. The van der Waals surface area contributed by atoms with Crippen LogP contribution in [0.1, 0.15) is 41.6 Å². The Kier molecular flexibility index (Phi) is 10.4. The van der Waals surface area contributed by atoms with Gasteiger partial charge in [-0.3, -0.25) is 9.59 Å². The van der Waals surface area contributed by atoms with Crippen LogP contribution in [0.2, 0.25) is 0 Å². The molecule has 0 atom stereocenters. The molecule has 45 heavy (non-hydrogen) atoms. The van der Waals surface area contributed by atoms with Crippen molar-refractivity contribution in [2.24, 2.45) is 0 Å². The number of anilines is 2. The Balaban J connectivity index is 1.43. The molecule has 2 aromatic carbocycles. The highest BCUT2D eigenvalue weighted by Gasteiger charge is 2.25. The third kappa shape index (κ3) is 7.96. The number of carbonyl (C=O) groups excluding carboxylic acids is 4. The first kappa shape index (κ1) is 32.5. The van der Waals surface area contributed by atoms with E-state index in [-0.39, 0.29) is 44.1 Å². The number of rotatable bonds is 10. The number of benzene rings is 2. The number of esters is 2. The molecule has 0 aliphatic rings. The van der Waals surface area contributed by atoms with E-state index in [2.05, 4.69) is 10.6 Å². The number of aromatic hydroxyl groups is 2. The van der Waals surface area contributed by atoms with Crippen molar-refractivity contribution in [3.8, 4) is 23.0 Å². The monoisotopic (exact) mass is 648 g/mol. The number of phenols is 2. The van der Waals surface area contributed by atoms with Gasteiger partial charge in [0.2, 0.25) is 11.8 Å². The van der Waals surface area contributed by atoms with Crippen LogP contribution in [0.3, 0.4) is 0 Å². The summed E-state index contributed by atoms with van der Waals surface area (Å²) in [6.07, 6.45) is 5.51. The molecule has 2 amide bonds. The van der Waals surface area contributed by atoms with Gasteiger partial charge in [0.15, 0.2) is 23.0 Å². The second-order valence-corrected chi connectivity index (χ2v) is 11.2. The molecule has 0 bridgehead atoms. The zero-order valence-electron chi connectivity index (χ0n) is 24.5. The molecular formula is C32H28N2O9S2. The SMILES string of the molecule is COc1cc(/C=C/C(=O)Nc2c(C)csc2C(=O)OC(=O)c2scc(C)c2NC(=O)/C=C/c2ccc(O)c(OC)c2)ccc1O. The number of methoxy groups -OCH3 is 2. The number of hydrogen-bond donors (Lipinski definition) is 4. The third-order valence-corrected chi connectivity index (χ3v) is 8.42. The predicted octanol–water partition coefficient (Wildman–Crippen LogP) is 6.16. The number of ether oxygens (including phenoxy) is 3. The van der Waals surface area contributed by atoms with Gasteiger partial charge < -0.3 is 35.1 Å². The number of amides is 2. The van der Waals surface area contributed by atoms with Crippen molar-refractivity contribution in [2.75, 3.05) is 24.9 Å². The van der Waals surface area contributed by atoms with Gasteiger partial charge in [-0.05, 0) is 83.3 Å². The fraction of sp³-hybridized carbons (Fsp3) is 0.125. The summed E-state index contributed by atoms with van der Waals surface area (Å²) in [5.74, 6) is -2.60. The van der Waals surface area contributed by atoms with Crippen molar-refractivity contribution in [3.63, 3.8) is 0 Å². The zero-order chi connectivity index (χ0) is 32.7. The van der Waals surface area contributed by atoms with Crippen LogP contribution in [0, 0.1) is 13.8 Å². The average Bonchev–Trinajstić information content (AvgIpc) is 3.57. The fourth-order valence-corrected chi connectivity index (χ4v) is 5.71. The zero-order valence-corrected chi connectivity index (χ0v) is 26.1. The lowest BCUT2D eigenvalue weighted by Gasteiger charge is -2.08. The van der Waals surface area contributed by atoms with Gasteiger partial charge in [-0.2, -0.15) is 0 Å². The average molecular weight is 649 g/mol. The Morgan fingerprint density at radius 1 is 0.689 bits per heavy atom. The van der Waals surface area contributed by atoms with E-state index in [4.69, 9.17) is 14.2 Å². The Bertz CT molecular complexity index is 1700.